The molecule has 1 aliphatic heterocycles. The maximum atomic E-state index is 11.0. The molecule has 0 aliphatic carbocycles. The summed E-state index contributed by atoms with van der Waals surface area (Å²) in [5, 5.41) is 9.96. The topological polar surface area (TPSA) is 66.3 Å². The summed E-state index contributed by atoms with van der Waals surface area (Å²) in [6.45, 7) is 1.43. The lowest BCUT2D eigenvalue weighted by atomic mass is 10.1. The van der Waals surface area contributed by atoms with Gasteiger partial charge in [-0.15, -0.1) is 11.8 Å². The summed E-state index contributed by atoms with van der Waals surface area (Å²) >= 11 is 1.58. The van der Waals surface area contributed by atoms with Crippen LogP contribution in [0.4, 0.5) is 5.82 Å². The first-order valence-corrected chi connectivity index (χ1v) is 7.36. The second-order valence-corrected chi connectivity index (χ2v) is 5.39. The second-order valence-electron chi connectivity index (χ2n) is 4.56. The zero-order valence-corrected chi connectivity index (χ0v) is 11.7. The van der Waals surface area contributed by atoms with Crippen molar-refractivity contribution in [1.29, 1.82) is 0 Å². The zero-order chi connectivity index (χ0) is 14.1. The van der Waals surface area contributed by atoms with Gasteiger partial charge in [0.25, 0.3) is 0 Å². The van der Waals surface area contributed by atoms with Crippen LogP contribution < -0.4 is 4.90 Å². The Balaban J connectivity index is 1.87. The smallest absolute Gasteiger partial charge is 0.335 e. The zero-order valence-electron chi connectivity index (χ0n) is 10.9. The van der Waals surface area contributed by atoms with Crippen LogP contribution in [0.3, 0.4) is 0 Å². The Morgan fingerprint density at radius 3 is 2.80 bits per heavy atom. The van der Waals surface area contributed by atoms with Crippen LogP contribution in [0.2, 0.25) is 0 Å². The lowest BCUT2D eigenvalue weighted by Gasteiger charge is -2.16. The molecule has 2 heterocycles. The molecule has 0 bridgehead atoms. The number of rotatable bonds is 3. The first kappa shape index (κ1) is 12.9. The molecule has 0 radical (unpaired) electrons. The third kappa shape index (κ3) is 2.34. The highest BCUT2D eigenvalue weighted by Crippen LogP contribution is 2.28. The van der Waals surface area contributed by atoms with Gasteiger partial charge < -0.3 is 10.0 Å². The van der Waals surface area contributed by atoms with Crippen molar-refractivity contribution >= 4 is 23.5 Å². The summed E-state index contributed by atoms with van der Waals surface area (Å²) in [4.78, 5) is 21.6. The van der Waals surface area contributed by atoms with Crippen molar-refractivity contribution in [3.63, 3.8) is 0 Å². The Labute approximate surface area is 120 Å². The Kier molecular flexibility index (Phi) is 3.31. The molecule has 0 saturated carbocycles. The summed E-state index contributed by atoms with van der Waals surface area (Å²) in [5.41, 5.74) is 2.53. The van der Waals surface area contributed by atoms with Crippen LogP contribution in [-0.2, 0) is 13.1 Å². The molecular formula is C14H13N3O2S. The number of aromatic nitrogens is 2. The third-order valence-corrected chi connectivity index (χ3v) is 3.98. The largest absolute Gasteiger partial charge is 0.478 e. The van der Waals surface area contributed by atoms with Crippen LogP contribution in [-0.4, -0.2) is 27.3 Å². The van der Waals surface area contributed by atoms with Gasteiger partial charge in [-0.25, -0.2) is 14.8 Å². The number of hydrogen-bond acceptors (Lipinski definition) is 5. The van der Waals surface area contributed by atoms with Crippen LogP contribution in [0.15, 0.2) is 35.6 Å². The molecule has 3 rings (SSSR count). The Morgan fingerprint density at radius 2 is 2.05 bits per heavy atom. The summed E-state index contributed by atoms with van der Waals surface area (Å²) in [7, 11) is 0. The number of anilines is 1. The van der Waals surface area contributed by atoms with Crippen LogP contribution in [0.25, 0.3) is 0 Å². The van der Waals surface area contributed by atoms with Crippen molar-refractivity contribution in [3.8, 4) is 0 Å². The SMILES string of the molecule is CSc1cc(N2Cc3ccc(C(=O)O)cc3C2)ncn1. The van der Waals surface area contributed by atoms with E-state index in [1.54, 1.807) is 30.2 Å². The number of aromatic carboxylic acids is 1. The molecular weight excluding hydrogens is 274 g/mol. The van der Waals surface area contributed by atoms with Crippen molar-refractivity contribution < 1.29 is 9.90 Å². The quantitative estimate of drug-likeness (QED) is 0.691. The van der Waals surface area contributed by atoms with Gasteiger partial charge in [-0.2, -0.15) is 0 Å². The van der Waals surface area contributed by atoms with E-state index in [1.165, 1.54) is 0 Å². The average Bonchev–Trinajstić information content (AvgIpc) is 2.90. The van der Waals surface area contributed by atoms with Gasteiger partial charge in [0.05, 0.1) is 5.56 Å². The molecule has 1 N–H and O–H groups in total. The minimum absolute atomic E-state index is 0.332. The molecule has 6 heteroatoms. The first-order valence-electron chi connectivity index (χ1n) is 6.13. The number of fused-ring (bicyclic) bond motifs is 1. The van der Waals surface area contributed by atoms with E-state index >= 15 is 0 Å². The molecule has 1 aromatic heterocycles. The molecule has 2 aromatic rings. The van der Waals surface area contributed by atoms with E-state index in [-0.39, 0.29) is 0 Å². The van der Waals surface area contributed by atoms with Crippen molar-refractivity contribution in [2.24, 2.45) is 0 Å². The van der Waals surface area contributed by atoms with Crippen molar-refractivity contribution in [3.05, 3.63) is 47.3 Å². The Hall–Kier alpha value is -2.08. The average molecular weight is 287 g/mol. The fourth-order valence-corrected chi connectivity index (χ4v) is 2.68. The predicted molar refractivity (Wildman–Crippen MR) is 77.1 cm³/mol. The lowest BCUT2D eigenvalue weighted by molar-refractivity contribution is 0.0697. The van der Waals surface area contributed by atoms with Crippen molar-refractivity contribution in [2.75, 3.05) is 11.2 Å². The number of benzene rings is 1. The predicted octanol–water partition coefficient (Wildman–Crippen LogP) is 2.42. The number of carboxylic acids is 1. The van der Waals surface area contributed by atoms with E-state index in [1.807, 2.05) is 18.4 Å². The van der Waals surface area contributed by atoms with E-state index in [0.717, 1.165) is 28.5 Å². The number of hydrogen-bond donors (Lipinski definition) is 1. The fraction of sp³-hybridized carbons (Fsp3) is 0.214. The molecule has 0 atom stereocenters. The molecule has 0 amide bonds. The van der Waals surface area contributed by atoms with Gasteiger partial charge >= 0.3 is 5.97 Å². The van der Waals surface area contributed by atoms with E-state index < -0.39 is 5.97 Å². The third-order valence-electron chi connectivity index (χ3n) is 3.34. The second kappa shape index (κ2) is 5.13. The molecule has 5 nitrogen and oxygen atoms in total. The summed E-state index contributed by atoms with van der Waals surface area (Å²) in [5.74, 6) is -0.0182. The van der Waals surface area contributed by atoms with Gasteiger partial charge in [0.2, 0.25) is 0 Å². The highest BCUT2D eigenvalue weighted by Gasteiger charge is 2.21. The minimum atomic E-state index is -0.891. The highest BCUT2D eigenvalue weighted by atomic mass is 32.2. The molecule has 0 spiro atoms. The molecule has 0 unspecified atom stereocenters. The number of carbonyl (C=O) groups is 1. The number of carboxylic acid groups (broad SMARTS) is 1. The first-order chi connectivity index (χ1) is 9.67. The van der Waals surface area contributed by atoms with Gasteiger partial charge in [0, 0.05) is 19.2 Å². The summed E-state index contributed by atoms with van der Waals surface area (Å²) < 4.78 is 0. The van der Waals surface area contributed by atoms with E-state index in [9.17, 15) is 4.79 Å². The standard InChI is InChI=1S/C14H13N3O2S/c1-20-13-5-12(15-8-16-13)17-6-10-3-2-9(14(18)19)4-11(10)7-17/h2-5,8H,6-7H2,1H3,(H,18,19). The van der Waals surface area contributed by atoms with Crippen LogP contribution in [0, 0.1) is 0 Å². The maximum Gasteiger partial charge on any atom is 0.335 e. The van der Waals surface area contributed by atoms with Crippen LogP contribution >= 0.6 is 11.8 Å². The van der Waals surface area contributed by atoms with Gasteiger partial charge in [0.15, 0.2) is 0 Å². The monoisotopic (exact) mass is 287 g/mol. The minimum Gasteiger partial charge on any atom is -0.478 e. The molecule has 1 aliphatic rings. The van der Waals surface area contributed by atoms with Gasteiger partial charge in [-0.1, -0.05) is 6.07 Å². The van der Waals surface area contributed by atoms with Crippen LogP contribution in [0.5, 0.6) is 0 Å². The summed E-state index contributed by atoms with van der Waals surface area (Å²) in [6, 6.07) is 7.23. The van der Waals surface area contributed by atoms with Crippen molar-refractivity contribution in [2.45, 2.75) is 18.1 Å². The molecule has 0 fully saturated rings. The number of thioether (sulfide) groups is 1. The highest BCUT2D eigenvalue weighted by molar-refractivity contribution is 7.98. The normalized spacial score (nSPS) is 13.3. The van der Waals surface area contributed by atoms with Gasteiger partial charge in [-0.05, 0) is 29.5 Å². The van der Waals surface area contributed by atoms with Gasteiger partial charge in [-0.3, -0.25) is 0 Å². The molecule has 0 saturated heterocycles. The van der Waals surface area contributed by atoms with Crippen LogP contribution in [0.1, 0.15) is 21.5 Å². The molecule has 102 valence electrons. The number of nitrogens with zero attached hydrogens (tertiary/aromatic N) is 3. The Morgan fingerprint density at radius 1 is 1.25 bits per heavy atom. The van der Waals surface area contributed by atoms with Gasteiger partial charge in [0.1, 0.15) is 17.2 Å². The van der Waals surface area contributed by atoms with E-state index in [2.05, 4.69) is 14.9 Å². The molecule has 1 aromatic carbocycles. The summed E-state index contributed by atoms with van der Waals surface area (Å²) in [6.07, 6.45) is 3.54. The van der Waals surface area contributed by atoms with Crippen molar-refractivity contribution in [1.82, 2.24) is 9.97 Å². The molecule has 20 heavy (non-hydrogen) atoms. The van der Waals surface area contributed by atoms with E-state index in [4.69, 9.17) is 5.11 Å². The Bertz CT molecular complexity index is 675. The fourth-order valence-electron chi connectivity index (χ4n) is 2.30. The van der Waals surface area contributed by atoms with E-state index in [0.29, 0.717) is 12.1 Å². The lowest BCUT2D eigenvalue weighted by Crippen LogP contribution is -2.16. The maximum absolute atomic E-state index is 11.0.